The van der Waals surface area contributed by atoms with Crippen LogP contribution in [-0.2, 0) is 9.47 Å². The van der Waals surface area contributed by atoms with Crippen LogP contribution in [-0.4, -0.2) is 55.3 Å². The van der Waals surface area contributed by atoms with E-state index in [9.17, 15) is 9.18 Å². The summed E-state index contributed by atoms with van der Waals surface area (Å²) in [5, 5.41) is 0.351. The summed E-state index contributed by atoms with van der Waals surface area (Å²) in [4.78, 5) is 17.6. The van der Waals surface area contributed by atoms with Gasteiger partial charge >= 0.3 is 0 Å². The van der Waals surface area contributed by atoms with Crippen molar-refractivity contribution in [3.63, 3.8) is 0 Å². The number of nitrogens with one attached hydrogen (secondary N) is 1. The summed E-state index contributed by atoms with van der Waals surface area (Å²) < 4.78 is 24.6. The van der Waals surface area contributed by atoms with Crippen molar-refractivity contribution >= 4 is 16.8 Å². The minimum atomic E-state index is -0.385. The number of amides is 1. The largest absolute Gasteiger partial charge is 0.385 e. The quantitative estimate of drug-likeness (QED) is 0.942. The molecule has 1 unspecified atom stereocenters. The third-order valence-electron chi connectivity index (χ3n) is 4.03. The maximum atomic E-state index is 14.1. The number of rotatable bonds is 4. The molecule has 0 radical (unpaired) electrons. The Morgan fingerprint density at radius 1 is 1.55 bits per heavy atom. The van der Waals surface area contributed by atoms with Gasteiger partial charge in [0.15, 0.2) is 0 Å². The predicted molar refractivity (Wildman–Crippen MR) is 80.4 cm³/mol. The van der Waals surface area contributed by atoms with Gasteiger partial charge in [-0.3, -0.25) is 4.79 Å². The third-order valence-corrected chi connectivity index (χ3v) is 4.03. The summed E-state index contributed by atoms with van der Waals surface area (Å²) >= 11 is 0. The van der Waals surface area contributed by atoms with Crippen LogP contribution in [0.3, 0.4) is 0 Å². The number of ether oxygens (including phenoxy) is 2. The fourth-order valence-electron chi connectivity index (χ4n) is 2.88. The van der Waals surface area contributed by atoms with Crippen molar-refractivity contribution in [2.24, 2.45) is 0 Å². The molecule has 3 rings (SSSR count). The van der Waals surface area contributed by atoms with Crippen LogP contribution in [0.5, 0.6) is 0 Å². The Hall–Kier alpha value is -1.92. The first-order valence-electron chi connectivity index (χ1n) is 7.35. The second kappa shape index (κ2) is 6.46. The number of methoxy groups -OCH3 is 1. The van der Waals surface area contributed by atoms with E-state index < -0.39 is 0 Å². The van der Waals surface area contributed by atoms with Crippen molar-refractivity contribution < 1.29 is 18.7 Å². The Balaban J connectivity index is 1.90. The summed E-state index contributed by atoms with van der Waals surface area (Å²) in [6, 6.07) is 4.71. The van der Waals surface area contributed by atoms with Gasteiger partial charge in [-0.05, 0) is 18.6 Å². The van der Waals surface area contributed by atoms with Gasteiger partial charge in [-0.1, -0.05) is 6.07 Å². The molecule has 1 atom stereocenters. The number of halogens is 1. The van der Waals surface area contributed by atoms with Crippen molar-refractivity contribution in [3.8, 4) is 0 Å². The number of aromatic nitrogens is 1. The maximum absolute atomic E-state index is 14.1. The third kappa shape index (κ3) is 2.71. The fraction of sp³-hybridized carbons (Fsp3) is 0.438. The van der Waals surface area contributed by atoms with Crippen molar-refractivity contribution in [1.29, 1.82) is 0 Å². The molecule has 1 aromatic heterocycles. The van der Waals surface area contributed by atoms with Crippen molar-refractivity contribution in [3.05, 3.63) is 35.8 Å². The van der Waals surface area contributed by atoms with Crippen LogP contribution < -0.4 is 0 Å². The Kier molecular flexibility index (Phi) is 4.40. The number of aromatic amines is 1. The Bertz CT molecular complexity index is 670. The highest BCUT2D eigenvalue weighted by Gasteiger charge is 2.29. The molecule has 6 heteroatoms. The molecule has 1 aromatic carbocycles. The number of hydrogen-bond donors (Lipinski definition) is 1. The van der Waals surface area contributed by atoms with Crippen LogP contribution in [0.4, 0.5) is 4.39 Å². The molecule has 0 saturated carbocycles. The lowest BCUT2D eigenvalue weighted by atomic mass is 10.1. The van der Waals surface area contributed by atoms with Crippen LogP contribution in [0, 0.1) is 5.82 Å². The standard InChI is InChI=1S/C16H19FN2O3/c1-21-7-5-11-10-22-8-6-19(11)16(20)12-9-18-14-4-2-3-13(17)15(12)14/h2-4,9,11,18H,5-8,10H2,1H3. The fourth-order valence-corrected chi connectivity index (χ4v) is 2.88. The number of benzene rings is 1. The van der Waals surface area contributed by atoms with Crippen LogP contribution >= 0.6 is 0 Å². The van der Waals surface area contributed by atoms with Crippen LogP contribution in [0.25, 0.3) is 10.9 Å². The highest BCUT2D eigenvalue weighted by molar-refractivity contribution is 6.07. The van der Waals surface area contributed by atoms with E-state index in [4.69, 9.17) is 9.47 Å². The summed E-state index contributed by atoms with van der Waals surface area (Å²) in [6.07, 6.45) is 2.28. The molecule has 0 aliphatic carbocycles. The maximum Gasteiger partial charge on any atom is 0.256 e. The van der Waals surface area contributed by atoms with Gasteiger partial charge in [0.05, 0.1) is 24.8 Å². The number of nitrogens with zero attached hydrogens (tertiary/aromatic N) is 1. The van der Waals surface area contributed by atoms with Crippen LogP contribution in [0.2, 0.25) is 0 Å². The van der Waals surface area contributed by atoms with Gasteiger partial charge in [-0.15, -0.1) is 0 Å². The molecule has 1 amide bonds. The topological polar surface area (TPSA) is 54.6 Å². The average molecular weight is 306 g/mol. The molecule has 1 saturated heterocycles. The average Bonchev–Trinajstić information content (AvgIpc) is 2.98. The summed E-state index contributed by atoms with van der Waals surface area (Å²) in [5.41, 5.74) is 1.00. The number of carbonyl (C=O) groups is 1. The molecule has 2 aromatic rings. The Morgan fingerprint density at radius 2 is 2.41 bits per heavy atom. The number of fused-ring (bicyclic) bond motifs is 1. The SMILES string of the molecule is COCCC1COCCN1C(=O)c1c[nH]c2cccc(F)c12. The first kappa shape index (κ1) is 15.0. The zero-order valence-electron chi connectivity index (χ0n) is 12.5. The van der Waals surface area contributed by atoms with E-state index in [1.165, 1.54) is 6.07 Å². The molecular formula is C16H19FN2O3. The molecule has 1 aliphatic rings. The van der Waals surface area contributed by atoms with E-state index in [2.05, 4.69) is 4.98 Å². The highest BCUT2D eigenvalue weighted by Crippen LogP contribution is 2.24. The molecule has 2 heterocycles. The van der Waals surface area contributed by atoms with E-state index in [0.717, 1.165) is 0 Å². The molecule has 1 fully saturated rings. The van der Waals surface area contributed by atoms with Gasteiger partial charge in [0.1, 0.15) is 5.82 Å². The van der Waals surface area contributed by atoms with E-state index in [1.807, 2.05) is 0 Å². The number of morpholine rings is 1. The molecule has 1 aliphatic heterocycles. The lowest BCUT2D eigenvalue weighted by Crippen LogP contribution is -2.49. The molecular weight excluding hydrogens is 287 g/mol. The van der Waals surface area contributed by atoms with E-state index in [1.54, 1.807) is 30.3 Å². The molecule has 1 N–H and O–H groups in total. The van der Waals surface area contributed by atoms with Gasteiger partial charge in [0.2, 0.25) is 0 Å². The lowest BCUT2D eigenvalue weighted by molar-refractivity contribution is -0.0103. The van der Waals surface area contributed by atoms with E-state index >= 15 is 0 Å². The van der Waals surface area contributed by atoms with Gasteiger partial charge in [-0.2, -0.15) is 0 Å². The lowest BCUT2D eigenvalue weighted by Gasteiger charge is -2.35. The summed E-state index contributed by atoms with van der Waals surface area (Å²) in [7, 11) is 1.63. The van der Waals surface area contributed by atoms with Gasteiger partial charge < -0.3 is 19.4 Å². The van der Waals surface area contributed by atoms with Gasteiger partial charge in [-0.25, -0.2) is 4.39 Å². The first-order chi connectivity index (χ1) is 10.7. The van der Waals surface area contributed by atoms with E-state index in [0.29, 0.717) is 49.3 Å². The monoisotopic (exact) mass is 306 g/mol. The molecule has 22 heavy (non-hydrogen) atoms. The highest BCUT2D eigenvalue weighted by atomic mass is 19.1. The second-order valence-corrected chi connectivity index (χ2v) is 5.37. The van der Waals surface area contributed by atoms with Gasteiger partial charge in [0.25, 0.3) is 5.91 Å². The second-order valence-electron chi connectivity index (χ2n) is 5.37. The Labute approximate surface area is 128 Å². The predicted octanol–water partition coefficient (Wildman–Crippen LogP) is 2.18. The molecule has 5 nitrogen and oxygen atoms in total. The van der Waals surface area contributed by atoms with Gasteiger partial charge in [0, 0.05) is 37.4 Å². The number of H-pyrrole nitrogens is 1. The normalized spacial score (nSPS) is 18.8. The smallest absolute Gasteiger partial charge is 0.256 e. The zero-order valence-corrected chi connectivity index (χ0v) is 12.5. The first-order valence-corrected chi connectivity index (χ1v) is 7.35. The van der Waals surface area contributed by atoms with E-state index in [-0.39, 0.29) is 17.8 Å². The number of carbonyl (C=O) groups excluding carboxylic acids is 1. The molecule has 0 bridgehead atoms. The van der Waals surface area contributed by atoms with Crippen molar-refractivity contribution in [1.82, 2.24) is 9.88 Å². The zero-order chi connectivity index (χ0) is 15.5. The van der Waals surface area contributed by atoms with Crippen molar-refractivity contribution in [2.75, 3.05) is 33.5 Å². The number of hydrogen-bond acceptors (Lipinski definition) is 3. The van der Waals surface area contributed by atoms with Crippen LogP contribution in [0.15, 0.2) is 24.4 Å². The Morgan fingerprint density at radius 3 is 3.23 bits per heavy atom. The summed E-state index contributed by atoms with van der Waals surface area (Å²) in [6.45, 7) is 2.05. The van der Waals surface area contributed by atoms with Crippen LogP contribution in [0.1, 0.15) is 16.8 Å². The minimum absolute atomic E-state index is 0.0436. The molecule has 118 valence electrons. The summed E-state index contributed by atoms with van der Waals surface area (Å²) in [5.74, 6) is -0.551. The minimum Gasteiger partial charge on any atom is -0.385 e. The molecule has 0 spiro atoms. The van der Waals surface area contributed by atoms with Crippen molar-refractivity contribution in [2.45, 2.75) is 12.5 Å².